The molecule has 0 spiro atoms. The molecule has 2 heterocycles. The molecule has 2 aromatic carbocycles. The monoisotopic (exact) mass is 361 g/mol. The number of para-hydroxylation sites is 1. The number of nitrogens with one attached hydrogen (secondary N) is 1. The van der Waals surface area contributed by atoms with E-state index in [1.165, 1.54) is 6.07 Å². The van der Waals surface area contributed by atoms with Gasteiger partial charge in [-0.25, -0.2) is 4.39 Å². The normalized spacial score (nSPS) is 10.7. The fourth-order valence-electron chi connectivity index (χ4n) is 2.80. The summed E-state index contributed by atoms with van der Waals surface area (Å²) >= 11 is 0. The zero-order chi connectivity index (χ0) is 18.8. The Morgan fingerprint density at radius 3 is 2.48 bits per heavy atom. The van der Waals surface area contributed by atoms with Crippen LogP contribution in [-0.2, 0) is 0 Å². The van der Waals surface area contributed by atoms with E-state index in [0.717, 1.165) is 5.69 Å². The molecule has 134 valence electrons. The van der Waals surface area contributed by atoms with Crippen LogP contribution in [0.25, 0.3) is 11.5 Å². The number of amides is 1. The summed E-state index contributed by atoms with van der Waals surface area (Å²) in [5, 5.41) is 11.0. The molecular weight excluding hydrogens is 345 g/mol. The van der Waals surface area contributed by atoms with E-state index in [1.807, 2.05) is 54.9 Å². The van der Waals surface area contributed by atoms with E-state index in [1.54, 1.807) is 28.3 Å². The lowest BCUT2D eigenvalue weighted by molar-refractivity contribution is 0.102. The number of hydrogen-bond acceptors (Lipinski definition) is 3. The van der Waals surface area contributed by atoms with Gasteiger partial charge >= 0.3 is 0 Å². The van der Waals surface area contributed by atoms with Gasteiger partial charge in [-0.2, -0.15) is 4.68 Å². The highest BCUT2D eigenvalue weighted by atomic mass is 19.1. The second-order valence-corrected chi connectivity index (χ2v) is 5.97. The summed E-state index contributed by atoms with van der Waals surface area (Å²) in [7, 11) is 0. The molecule has 1 N–H and O–H groups in total. The Hall–Kier alpha value is -3.74. The van der Waals surface area contributed by atoms with Crippen molar-refractivity contribution in [1.82, 2.24) is 19.6 Å². The van der Waals surface area contributed by atoms with Crippen LogP contribution < -0.4 is 5.32 Å². The van der Waals surface area contributed by atoms with Crippen molar-refractivity contribution in [1.29, 1.82) is 0 Å². The maximum absolute atomic E-state index is 13.8. The van der Waals surface area contributed by atoms with Crippen molar-refractivity contribution in [3.05, 3.63) is 90.1 Å². The number of benzene rings is 2. The van der Waals surface area contributed by atoms with Crippen LogP contribution in [0.2, 0.25) is 0 Å². The van der Waals surface area contributed by atoms with Crippen LogP contribution >= 0.6 is 0 Å². The second kappa shape index (κ2) is 6.87. The lowest BCUT2D eigenvalue weighted by Gasteiger charge is -2.11. The molecule has 2 aromatic heterocycles. The van der Waals surface area contributed by atoms with Crippen molar-refractivity contribution in [2.45, 2.75) is 6.92 Å². The molecule has 1 amide bonds. The summed E-state index contributed by atoms with van der Waals surface area (Å²) < 4.78 is 17.1. The smallest absolute Gasteiger partial charge is 0.280 e. The first-order valence-electron chi connectivity index (χ1n) is 8.36. The molecule has 0 bridgehead atoms. The van der Waals surface area contributed by atoms with E-state index in [0.29, 0.717) is 17.1 Å². The highest BCUT2D eigenvalue weighted by Crippen LogP contribution is 2.21. The van der Waals surface area contributed by atoms with Gasteiger partial charge in [0.25, 0.3) is 5.91 Å². The van der Waals surface area contributed by atoms with Gasteiger partial charge < -0.3 is 9.88 Å². The summed E-state index contributed by atoms with van der Waals surface area (Å²) in [5.74, 6) is -0.348. The van der Waals surface area contributed by atoms with Gasteiger partial charge in [0.15, 0.2) is 11.5 Å². The Kier molecular flexibility index (Phi) is 4.25. The van der Waals surface area contributed by atoms with Crippen molar-refractivity contribution in [2.24, 2.45) is 0 Å². The van der Waals surface area contributed by atoms with E-state index in [4.69, 9.17) is 0 Å². The summed E-state index contributed by atoms with van der Waals surface area (Å²) in [4.78, 5) is 12.9. The summed E-state index contributed by atoms with van der Waals surface area (Å²) in [5.41, 5.74) is 1.67. The Morgan fingerprint density at radius 2 is 1.74 bits per heavy atom. The van der Waals surface area contributed by atoms with Crippen LogP contribution in [0.3, 0.4) is 0 Å². The number of hydrogen-bond donors (Lipinski definition) is 1. The molecule has 4 aromatic rings. The standard InChI is InChI=1S/C20H16FN5O/c1-14-16(21)10-7-11-17(14)22-19(27)18-20(25-12-5-6-13-25)26(24-23-18)15-8-3-2-4-9-15/h2-13H,1H3,(H,22,27). The third-order valence-corrected chi connectivity index (χ3v) is 4.23. The average molecular weight is 361 g/mol. The van der Waals surface area contributed by atoms with Crippen molar-refractivity contribution >= 4 is 11.6 Å². The second-order valence-electron chi connectivity index (χ2n) is 5.97. The van der Waals surface area contributed by atoms with Gasteiger partial charge in [0.2, 0.25) is 0 Å². The number of rotatable bonds is 4. The third-order valence-electron chi connectivity index (χ3n) is 4.23. The van der Waals surface area contributed by atoms with Crippen LogP contribution in [0.1, 0.15) is 16.1 Å². The lowest BCUT2D eigenvalue weighted by Crippen LogP contribution is -2.17. The maximum atomic E-state index is 13.8. The molecule has 0 radical (unpaired) electrons. The van der Waals surface area contributed by atoms with E-state index < -0.39 is 5.91 Å². The Bertz CT molecular complexity index is 1090. The minimum absolute atomic E-state index is 0.138. The summed E-state index contributed by atoms with van der Waals surface area (Å²) in [6.45, 7) is 1.61. The van der Waals surface area contributed by atoms with Crippen molar-refractivity contribution < 1.29 is 9.18 Å². The Morgan fingerprint density at radius 1 is 1.00 bits per heavy atom. The van der Waals surface area contributed by atoms with Gasteiger partial charge in [-0.05, 0) is 43.3 Å². The molecule has 0 unspecified atom stereocenters. The van der Waals surface area contributed by atoms with E-state index in [2.05, 4.69) is 15.6 Å². The summed E-state index contributed by atoms with van der Waals surface area (Å²) in [6, 6.07) is 17.6. The average Bonchev–Trinajstić information content (AvgIpc) is 3.35. The molecule has 7 heteroatoms. The van der Waals surface area contributed by atoms with Gasteiger partial charge in [-0.15, -0.1) is 5.10 Å². The van der Waals surface area contributed by atoms with Crippen molar-refractivity contribution in [2.75, 3.05) is 5.32 Å². The number of nitrogens with zero attached hydrogens (tertiary/aromatic N) is 4. The van der Waals surface area contributed by atoms with Crippen LogP contribution in [0, 0.1) is 12.7 Å². The number of halogens is 1. The van der Waals surface area contributed by atoms with Crippen molar-refractivity contribution in [3.8, 4) is 11.5 Å². The van der Waals surface area contributed by atoms with Gasteiger partial charge in [-0.1, -0.05) is 29.5 Å². The molecule has 0 fully saturated rings. The quantitative estimate of drug-likeness (QED) is 0.602. The Balaban J connectivity index is 1.78. The molecule has 6 nitrogen and oxygen atoms in total. The van der Waals surface area contributed by atoms with E-state index in [9.17, 15) is 9.18 Å². The molecule has 0 aliphatic rings. The molecular formula is C20H16FN5O. The van der Waals surface area contributed by atoms with Crippen LogP contribution in [0.4, 0.5) is 10.1 Å². The zero-order valence-corrected chi connectivity index (χ0v) is 14.5. The largest absolute Gasteiger partial charge is 0.320 e. The minimum atomic E-state index is -0.463. The predicted octanol–water partition coefficient (Wildman–Crippen LogP) is 3.76. The number of aromatic nitrogens is 4. The first-order chi connectivity index (χ1) is 13.1. The van der Waals surface area contributed by atoms with Crippen LogP contribution in [-0.4, -0.2) is 25.5 Å². The Labute approximate surface area is 154 Å². The highest BCUT2D eigenvalue weighted by molar-refractivity contribution is 6.05. The molecule has 0 saturated heterocycles. The van der Waals surface area contributed by atoms with Gasteiger partial charge in [0, 0.05) is 23.6 Å². The van der Waals surface area contributed by atoms with Gasteiger partial charge in [0.1, 0.15) is 5.82 Å². The minimum Gasteiger partial charge on any atom is -0.320 e. The number of anilines is 1. The molecule has 0 aliphatic heterocycles. The highest BCUT2D eigenvalue weighted by Gasteiger charge is 2.22. The lowest BCUT2D eigenvalue weighted by atomic mass is 10.2. The molecule has 27 heavy (non-hydrogen) atoms. The first-order valence-corrected chi connectivity index (χ1v) is 8.36. The topological polar surface area (TPSA) is 64.7 Å². The number of carbonyl (C=O) groups excluding carboxylic acids is 1. The fraction of sp³-hybridized carbons (Fsp3) is 0.0500. The SMILES string of the molecule is Cc1c(F)cccc1NC(=O)c1nnn(-c2ccccc2)c1-n1cccc1. The molecule has 0 atom stereocenters. The predicted molar refractivity (Wildman–Crippen MR) is 99.8 cm³/mol. The summed E-state index contributed by atoms with van der Waals surface area (Å²) in [6.07, 6.45) is 3.62. The van der Waals surface area contributed by atoms with Crippen LogP contribution in [0.5, 0.6) is 0 Å². The van der Waals surface area contributed by atoms with E-state index >= 15 is 0 Å². The maximum Gasteiger partial charge on any atom is 0.280 e. The molecule has 4 rings (SSSR count). The zero-order valence-electron chi connectivity index (χ0n) is 14.5. The number of carbonyl (C=O) groups is 1. The molecule has 0 aliphatic carbocycles. The van der Waals surface area contributed by atoms with Crippen LogP contribution in [0.15, 0.2) is 73.1 Å². The van der Waals surface area contributed by atoms with Gasteiger partial charge in [-0.3, -0.25) is 4.79 Å². The molecule has 0 saturated carbocycles. The first kappa shape index (κ1) is 16.7. The van der Waals surface area contributed by atoms with Gasteiger partial charge in [0.05, 0.1) is 5.69 Å². The van der Waals surface area contributed by atoms with Crippen molar-refractivity contribution in [3.63, 3.8) is 0 Å². The van der Waals surface area contributed by atoms with E-state index in [-0.39, 0.29) is 11.5 Å². The third kappa shape index (κ3) is 3.10. The fourth-order valence-corrected chi connectivity index (χ4v) is 2.80.